The molecule has 0 aromatic heterocycles. The van der Waals surface area contributed by atoms with Gasteiger partial charge in [-0.15, -0.1) is 0 Å². The molecule has 0 fully saturated rings. The number of hydrogen-bond donors (Lipinski definition) is 0. The van der Waals surface area contributed by atoms with Crippen LogP contribution in [0, 0.1) is 0 Å². The van der Waals surface area contributed by atoms with E-state index in [2.05, 4.69) is 0 Å². The van der Waals surface area contributed by atoms with Crippen LogP contribution in [0.15, 0.2) is 0 Å². The van der Waals surface area contributed by atoms with Gasteiger partial charge in [0.2, 0.25) is 0 Å². The molecule has 0 aliphatic carbocycles. The van der Waals surface area contributed by atoms with Crippen LogP contribution >= 0.6 is 7.82 Å². The topological polar surface area (TPSA) is 86.2 Å². The summed E-state index contributed by atoms with van der Waals surface area (Å²) in [4.78, 5) is 25.6. The van der Waals surface area contributed by atoms with Gasteiger partial charge >= 0.3 is 19.8 Å². The first-order chi connectivity index (χ1) is 2.00. The predicted molar refractivity (Wildman–Crippen MR) is 13.4 cm³/mol. The molecule has 0 unspecified atom stereocenters. The Bertz CT molecular complexity index is 57.8. The molecule has 0 heterocycles. The van der Waals surface area contributed by atoms with Gasteiger partial charge in [-0.3, -0.25) is 0 Å². The first kappa shape index (κ1) is 15.8. The van der Waals surface area contributed by atoms with E-state index in [-0.39, 0.29) is 39.3 Å². The summed E-state index contributed by atoms with van der Waals surface area (Å²) in [5, 5.41) is 0. The molecule has 7 heavy (non-hydrogen) atoms. The van der Waals surface area contributed by atoms with Crippen LogP contribution in [0.1, 0.15) is 0 Å². The zero-order valence-electron chi connectivity index (χ0n) is 3.01. The van der Waals surface area contributed by atoms with Gasteiger partial charge < -0.3 is 19.2 Å². The monoisotopic (exact) mass is 266 g/mol. The molecule has 0 aliphatic rings. The van der Waals surface area contributed by atoms with Gasteiger partial charge in [0.1, 0.15) is 0 Å². The maximum Gasteiger partial charge on any atom is 3.00 e. The summed E-state index contributed by atoms with van der Waals surface area (Å²) < 4.78 is 8.55. The summed E-state index contributed by atoms with van der Waals surface area (Å²) in [7, 11) is -5.39. The third-order valence-corrected chi connectivity index (χ3v) is 0. The van der Waals surface area contributed by atoms with Crippen molar-refractivity contribution in [2.45, 2.75) is 0 Å². The minimum Gasteiger partial charge on any atom is -0.822 e. The van der Waals surface area contributed by atoms with Crippen LogP contribution in [0.2, 0.25) is 0 Å². The largest absolute Gasteiger partial charge is 3.00 e. The average molecular weight is 266 g/mol. The van der Waals surface area contributed by atoms with E-state index in [4.69, 9.17) is 19.2 Å². The standard InChI is InChI=1S/Ga.H3O4P.Ru/c;1-5(2,3)4;/h;(H3,1,2,3,4);/q+3;;/p-3. The van der Waals surface area contributed by atoms with Gasteiger partial charge in [0, 0.05) is 19.5 Å². The van der Waals surface area contributed by atoms with Crippen LogP contribution in [-0.4, -0.2) is 19.8 Å². The average Bonchev–Trinajstić information content (AvgIpc) is 0.722. The van der Waals surface area contributed by atoms with Gasteiger partial charge in [0.25, 0.3) is 0 Å². The van der Waals surface area contributed by atoms with Gasteiger partial charge in [0.05, 0.1) is 0 Å². The molecule has 0 spiro atoms. The van der Waals surface area contributed by atoms with E-state index >= 15 is 0 Å². The minimum absolute atomic E-state index is 0. The van der Waals surface area contributed by atoms with E-state index in [1.54, 1.807) is 0 Å². The zero-order valence-corrected chi connectivity index (χ0v) is 8.07. The fourth-order valence-electron chi connectivity index (χ4n) is 0. The normalized spacial score (nSPS) is 8.43. The molecule has 0 saturated heterocycles. The molecule has 4 nitrogen and oxygen atoms in total. The Kier molecular flexibility index (Phi) is 12.4. The second-order valence-electron chi connectivity index (χ2n) is 0.447. The van der Waals surface area contributed by atoms with Crippen molar-refractivity contribution in [1.82, 2.24) is 0 Å². The molecule has 0 N–H and O–H groups in total. The Morgan fingerprint density at radius 1 is 1.14 bits per heavy atom. The second kappa shape index (κ2) is 5.51. The Morgan fingerprint density at radius 2 is 1.14 bits per heavy atom. The predicted octanol–water partition coefficient (Wildman–Crippen LogP) is -3.21. The van der Waals surface area contributed by atoms with E-state index < -0.39 is 7.82 Å². The van der Waals surface area contributed by atoms with Crippen LogP contribution in [0.3, 0.4) is 0 Å². The smallest absolute Gasteiger partial charge is 0.822 e. The SMILES string of the molecule is O=P([O-])([O-])[O-].[Ga+3].[Ru]. The van der Waals surface area contributed by atoms with Crippen molar-refractivity contribution in [2.75, 3.05) is 0 Å². The third kappa shape index (κ3) is 113. The molecule has 0 amide bonds. The molecule has 0 bridgehead atoms. The Balaban J connectivity index is -0.0000000800. The summed E-state index contributed by atoms with van der Waals surface area (Å²) in [6.07, 6.45) is 0. The molecular weight excluding hydrogens is 266 g/mol. The van der Waals surface area contributed by atoms with Gasteiger partial charge in [0.15, 0.2) is 0 Å². The van der Waals surface area contributed by atoms with Crippen LogP contribution in [0.4, 0.5) is 0 Å². The molecule has 7 heteroatoms. The summed E-state index contributed by atoms with van der Waals surface area (Å²) >= 11 is 0. The molecule has 40 valence electrons. The Morgan fingerprint density at radius 3 is 1.14 bits per heavy atom. The first-order valence-corrected chi connectivity index (χ1v) is 2.19. The minimum atomic E-state index is -5.39. The van der Waals surface area contributed by atoms with Crippen LogP contribution in [0.5, 0.6) is 0 Å². The molecule has 0 aromatic rings. The molecule has 0 radical (unpaired) electrons. The van der Waals surface area contributed by atoms with E-state index in [0.29, 0.717) is 0 Å². The van der Waals surface area contributed by atoms with Crippen molar-refractivity contribution in [3.05, 3.63) is 0 Å². The summed E-state index contributed by atoms with van der Waals surface area (Å²) in [6, 6.07) is 0. The molecule has 0 aromatic carbocycles. The first-order valence-electron chi connectivity index (χ1n) is 0.730. The fourth-order valence-corrected chi connectivity index (χ4v) is 0. The number of hydrogen-bond acceptors (Lipinski definition) is 4. The van der Waals surface area contributed by atoms with E-state index in [1.807, 2.05) is 0 Å². The van der Waals surface area contributed by atoms with Crippen molar-refractivity contribution in [3.63, 3.8) is 0 Å². The summed E-state index contributed by atoms with van der Waals surface area (Å²) in [5.41, 5.74) is 0. The molecule has 0 atom stereocenters. The van der Waals surface area contributed by atoms with Crippen LogP contribution in [0.25, 0.3) is 0 Å². The van der Waals surface area contributed by atoms with Crippen molar-refractivity contribution in [2.24, 2.45) is 0 Å². The molecular formula is GaO4PRu. The van der Waals surface area contributed by atoms with Crippen molar-refractivity contribution < 1.29 is 38.7 Å². The van der Waals surface area contributed by atoms with Crippen LogP contribution in [-0.2, 0) is 24.0 Å². The van der Waals surface area contributed by atoms with E-state index in [1.165, 1.54) is 0 Å². The zero-order chi connectivity index (χ0) is 4.50. The van der Waals surface area contributed by atoms with Gasteiger partial charge in [-0.2, -0.15) is 7.82 Å². The quantitative estimate of drug-likeness (QED) is 0.341. The summed E-state index contributed by atoms with van der Waals surface area (Å²) in [6.45, 7) is 0. The van der Waals surface area contributed by atoms with Gasteiger partial charge in [-0.25, -0.2) is 0 Å². The number of phosphoric acid groups is 1. The van der Waals surface area contributed by atoms with Gasteiger partial charge in [-0.1, -0.05) is 0 Å². The maximum absolute atomic E-state index is 8.55. The molecule has 0 rings (SSSR count). The van der Waals surface area contributed by atoms with Crippen LogP contribution < -0.4 is 14.7 Å². The van der Waals surface area contributed by atoms with Crippen molar-refractivity contribution >= 4 is 27.6 Å². The molecule has 0 aliphatic heterocycles. The number of rotatable bonds is 0. The summed E-state index contributed by atoms with van der Waals surface area (Å²) in [5.74, 6) is 0. The van der Waals surface area contributed by atoms with E-state index in [9.17, 15) is 0 Å². The van der Waals surface area contributed by atoms with Gasteiger partial charge in [-0.05, 0) is 0 Å². The maximum atomic E-state index is 8.55. The van der Waals surface area contributed by atoms with Crippen molar-refractivity contribution in [3.8, 4) is 0 Å². The van der Waals surface area contributed by atoms with E-state index in [0.717, 1.165) is 0 Å². The fraction of sp³-hybridized carbons (Fsp3) is 0. The van der Waals surface area contributed by atoms with Crippen molar-refractivity contribution in [1.29, 1.82) is 0 Å². The Hall–Kier alpha value is 1.37. The third-order valence-electron chi connectivity index (χ3n) is 0. The molecule has 0 saturated carbocycles. The second-order valence-corrected chi connectivity index (χ2v) is 1.34. The Labute approximate surface area is 66.4 Å².